The van der Waals surface area contributed by atoms with E-state index in [1.165, 1.54) is 31.0 Å². The summed E-state index contributed by atoms with van der Waals surface area (Å²) in [6.45, 7) is 5.37. The maximum atomic E-state index is 16.6. The van der Waals surface area contributed by atoms with Gasteiger partial charge in [-0.3, -0.25) is 0 Å². The number of benzene rings is 3. The molecule has 218 valence electrons. The van der Waals surface area contributed by atoms with Gasteiger partial charge in [0.05, 0.1) is 6.61 Å². The number of aromatic nitrogens is 2. The number of nitrogens with zero attached hydrogens (tertiary/aromatic N) is 4. The Bertz CT molecular complexity index is 1670. The van der Waals surface area contributed by atoms with Crippen molar-refractivity contribution in [2.24, 2.45) is 5.41 Å². The van der Waals surface area contributed by atoms with Crippen molar-refractivity contribution in [1.29, 1.82) is 0 Å². The molecule has 8 rings (SSSR count). The molecule has 4 aliphatic rings. The molecule has 4 heterocycles. The molecule has 4 aromatic rings. The lowest BCUT2D eigenvalue weighted by atomic mass is 9.96. The number of anilines is 1. The summed E-state index contributed by atoms with van der Waals surface area (Å²) in [7, 11) is 0. The fourth-order valence-corrected chi connectivity index (χ4v) is 7.35. The number of phenols is 1. The zero-order chi connectivity index (χ0) is 28.4. The zero-order valence-electron chi connectivity index (χ0n) is 23.6. The third kappa shape index (κ3) is 4.63. The SMILES string of the molecule is Oc1cc(-c2ccc3c(N4CC5CCC(C4)N5)nc(OCC4(CN5CCCC5)CC4)nc3c2F)c2c(F)cccc2c1. The average molecular weight is 572 g/mol. The number of phenolic OH excluding ortho intramolecular Hbond substituents is 1. The van der Waals surface area contributed by atoms with Crippen molar-refractivity contribution in [1.82, 2.24) is 20.2 Å². The van der Waals surface area contributed by atoms with Gasteiger partial charge in [0.1, 0.15) is 22.9 Å². The number of hydrogen-bond donors (Lipinski definition) is 2. The molecule has 0 amide bonds. The maximum Gasteiger partial charge on any atom is 0.319 e. The van der Waals surface area contributed by atoms with Crippen molar-refractivity contribution < 1.29 is 18.6 Å². The van der Waals surface area contributed by atoms with Crippen LogP contribution in [0.5, 0.6) is 11.8 Å². The topological polar surface area (TPSA) is 73.8 Å². The molecule has 9 heteroatoms. The highest BCUT2D eigenvalue weighted by molar-refractivity contribution is 6.01. The van der Waals surface area contributed by atoms with Gasteiger partial charge in [0, 0.05) is 53.5 Å². The number of halogens is 2. The van der Waals surface area contributed by atoms with E-state index in [-0.39, 0.29) is 39.2 Å². The minimum Gasteiger partial charge on any atom is -0.508 e. The third-order valence-corrected chi connectivity index (χ3v) is 9.71. The number of ether oxygens (including phenoxy) is 1. The summed E-state index contributed by atoms with van der Waals surface area (Å²) < 4.78 is 38.0. The molecular formula is C33H35F2N5O2. The molecule has 2 bridgehead atoms. The molecule has 1 saturated carbocycles. The molecule has 2 N–H and O–H groups in total. The summed E-state index contributed by atoms with van der Waals surface area (Å²) in [6.07, 6.45) is 6.95. The molecule has 0 radical (unpaired) electrons. The predicted octanol–water partition coefficient (Wildman–Crippen LogP) is 5.63. The van der Waals surface area contributed by atoms with Crippen LogP contribution in [-0.4, -0.2) is 71.4 Å². The summed E-state index contributed by atoms with van der Waals surface area (Å²) in [5, 5.41) is 15.4. The van der Waals surface area contributed by atoms with Gasteiger partial charge in [-0.2, -0.15) is 9.97 Å². The largest absolute Gasteiger partial charge is 0.508 e. The first-order valence-electron chi connectivity index (χ1n) is 15.2. The van der Waals surface area contributed by atoms with Gasteiger partial charge in [0.25, 0.3) is 0 Å². The van der Waals surface area contributed by atoms with Crippen LogP contribution in [0.1, 0.15) is 38.5 Å². The van der Waals surface area contributed by atoms with Crippen molar-refractivity contribution >= 4 is 27.5 Å². The summed E-state index contributed by atoms with van der Waals surface area (Å²) in [4.78, 5) is 14.3. The van der Waals surface area contributed by atoms with Gasteiger partial charge in [-0.05, 0) is 86.8 Å². The van der Waals surface area contributed by atoms with Gasteiger partial charge < -0.3 is 25.0 Å². The monoisotopic (exact) mass is 571 g/mol. The average Bonchev–Trinajstić information content (AvgIpc) is 3.38. The Kier molecular flexibility index (Phi) is 6.23. The molecule has 3 aromatic carbocycles. The van der Waals surface area contributed by atoms with Crippen molar-refractivity contribution in [2.75, 3.05) is 44.2 Å². The minimum atomic E-state index is -0.576. The molecule has 0 spiro atoms. The maximum absolute atomic E-state index is 16.6. The highest BCUT2D eigenvalue weighted by Crippen LogP contribution is 2.47. The first-order valence-corrected chi connectivity index (χ1v) is 15.2. The number of fused-ring (bicyclic) bond motifs is 4. The Morgan fingerprint density at radius 1 is 0.976 bits per heavy atom. The van der Waals surface area contributed by atoms with E-state index in [4.69, 9.17) is 9.72 Å². The lowest BCUT2D eigenvalue weighted by Crippen LogP contribution is -2.51. The van der Waals surface area contributed by atoms with Crippen LogP contribution in [0.3, 0.4) is 0 Å². The van der Waals surface area contributed by atoms with Crippen LogP contribution in [0.2, 0.25) is 0 Å². The van der Waals surface area contributed by atoms with E-state index in [1.54, 1.807) is 18.2 Å². The first-order chi connectivity index (χ1) is 20.4. The number of likely N-dealkylation sites (tertiary alicyclic amines) is 1. The van der Waals surface area contributed by atoms with Gasteiger partial charge in [-0.1, -0.05) is 18.2 Å². The smallest absolute Gasteiger partial charge is 0.319 e. The van der Waals surface area contributed by atoms with E-state index in [1.807, 2.05) is 6.07 Å². The second kappa shape index (κ2) is 10.0. The van der Waals surface area contributed by atoms with E-state index in [0.29, 0.717) is 35.3 Å². The standard InChI is InChI=1S/C33H35F2N5O2/c34-27-5-3-4-20-14-23(41)15-26(28(20)27)24-8-9-25-30(29(24)35)37-32(38-31(25)40-16-21-6-7-22(17-40)36-21)42-19-33(10-11-33)18-39-12-1-2-13-39/h3-5,8-9,14-15,21-22,36,41H,1-2,6-7,10-13,16-19H2. The first kappa shape index (κ1) is 26.1. The van der Waals surface area contributed by atoms with E-state index < -0.39 is 11.6 Å². The van der Waals surface area contributed by atoms with Crippen LogP contribution in [-0.2, 0) is 0 Å². The van der Waals surface area contributed by atoms with E-state index >= 15 is 8.78 Å². The summed E-state index contributed by atoms with van der Waals surface area (Å²) in [6, 6.07) is 11.9. The lowest BCUT2D eigenvalue weighted by molar-refractivity contribution is 0.170. The molecule has 7 nitrogen and oxygen atoms in total. The Balaban J connectivity index is 1.22. The third-order valence-electron chi connectivity index (χ3n) is 9.71. The molecule has 42 heavy (non-hydrogen) atoms. The second-order valence-corrected chi connectivity index (χ2v) is 12.8. The lowest BCUT2D eigenvalue weighted by Gasteiger charge is -2.34. The summed E-state index contributed by atoms with van der Waals surface area (Å²) in [5.74, 6) is -0.430. The number of rotatable bonds is 7. The number of hydrogen-bond acceptors (Lipinski definition) is 7. The van der Waals surface area contributed by atoms with Crippen LogP contribution in [0.15, 0.2) is 42.5 Å². The normalized spacial score (nSPS) is 23.2. The molecule has 2 atom stereocenters. The van der Waals surface area contributed by atoms with Gasteiger partial charge in [-0.15, -0.1) is 0 Å². The number of aromatic hydroxyl groups is 1. The van der Waals surface area contributed by atoms with E-state index in [2.05, 4.69) is 20.1 Å². The zero-order valence-corrected chi connectivity index (χ0v) is 23.6. The van der Waals surface area contributed by atoms with Crippen molar-refractivity contribution in [3.63, 3.8) is 0 Å². The molecular weight excluding hydrogens is 536 g/mol. The van der Waals surface area contributed by atoms with Crippen LogP contribution in [0, 0.1) is 17.0 Å². The molecule has 2 unspecified atom stereocenters. The summed E-state index contributed by atoms with van der Waals surface area (Å²) in [5.41, 5.74) is 0.718. The number of piperazine rings is 1. The highest BCUT2D eigenvalue weighted by atomic mass is 19.1. The molecule has 4 fully saturated rings. The highest BCUT2D eigenvalue weighted by Gasteiger charge is 2.45. The van der Waals surface area contributed by atoms with Crippen molar-refractivity contribution in [3.05, 3.63) is 54.1 Å². The van der Waals surface area contributed by atoms with Gasteiger partial charge in [0.2, 0.25) is 0 Å². The molecule has 1 aliphatic carbocycles. The van der Waals surface area contributed by atoms with E-state index in [0.717, 1.165) is 58.4 Å². The van der Waals surface area contributed by atoms with Gasteiger partial charge in [-0.25, -0.2) is 8.78 Å². The Morgan fingerprint density at radius 2 is 1.76 bits per heavy atom. The van der Waals surface area contributed by atoms with E-state index in [9.17, 15) is 5.11 Å². The van der Waals surface area contributed by atoms with Crippen LogP contribution >= 0.6 is 0 Å². The molecule has 1 aromatic heterocycles. The van der Waals surface area contributed by atoms with Crippen LogP contribution < -0.4 is 15.0 Å². The van der Waals surface area contributed by atoms with Gasteiger partial charge in [0.15, 0.2) is 5.82 Å². The van der Waals surface area contributed by atoms with Crippen molar-refractivity contribution in [3.8, 4) is 22.9 Å². The fourth-order valence-electron chi connectivity index (χ4n) is 7.35. The Morgan fingerprint density at radius 3 is 2.52 bits per heavy atom. The number of nitrogens with one attached hydrogen (secondary N) is 1. The predicted molar refractivity (Wildman–Crippen MR) is 159 cm³/mol. The van der Waals surface area contributed by atoms with Gasteiger partial charge >= 0.3 is 6.01 Å². The van der Waals surface area contributed by atoms with Crippen molar-refractivity contribution in [2.45, 2.75) is 50.6 Å². The molecule has 3 aliphatic heterocycles. The minimum absolute atomic E-state index is 0.0565. The molecule has 3 saturated heterocycles. The second-order valence-electron chi connectivity index (χ2n) is 12.8. The quantitative estimate of drug-likeness (QED) is 0.298. The fraction of sp³-hybridized carbons (Fsp3) is 0.455. The Hall–Kier alpha value is -3.56. The van der Waals surface area contributed by atoms with Crippen LogP contribution in [0.4, 0.5) is 14.6 Å². The Labute approximate surface area is 243 Å². The summed E-state index contributed by atoms with van der Waals surface area (Å²) >= 11 is 0. The van der Waals surface area contributed by atoms with Crippen LogP contribution in [0.25, 0.3) is 32.8 Å².